The van der Waals surface area contributed by atoms with Gasteiger partial charge in [0.15, 0.2) is 5.78 Å². The maximum atomic E-state index is 12.7. The molecule has 1 aromatic rings. The summed E-state index contributed by atoms with van der Waals surface area (Å²) < 4.78 is 10.5. The van der Waals surface area contributed by atoms with E-state index < -0.39 is 0 Å². The lowest BCUT2D eigenvalue weighted by Gasteiger charge is -2.23. The first-order valence-electron chi connectivity index (χ1n) is 7.21. The van der Waals surface area contributed by atoms with Gasteiger partial charge >= 0.3 is 5.97 Å². The van der Waals surface area contributed by atoms with Crippen molar-refractivity contribution in [1.82, 2.24) is 0 Å². The number of hydrogen-bond donors (Lipinski definition) is 0. The first-order valence-corrected chi connectivity index (χ1v) is 7.21. The van der Waals surface area contributed by atoms with Crippen LogP contribution in [-0.4, -0.2) is 25.5 Å². The lowest BCUT2D eigenvalue weighted by Crippen LogP contribution is -2.26. The molecule has 1 aliphatic heterocycles. The van der Waals surface area contributed by atoms with Crippen molar-refractivity contribution in [2.45, 2.75) is 19.3 Å². The van der Waals surface area contributed by atoms with Gasteiger partial charge in [-0.3, -0.25) is 9.59 Å². The van der Waals surface area contributed by atoms with Gasteiger partial charge in [0, 0.05) is 11.8 Å². The molecular weight excluding hydrogens is 268 g/mol. The minimum atomic E-state index is -0.298. The topological polar surface area (TPSA) is 52.6 Å². The van der Waals surface area contributed by atoms with Gasteiger partial charge in [-0.1, -0.05) is 18.2 Å². The van der Waals surface area contributed by atoms with Crippen molar-refractivity contribution in [3.8, 4) is 5.75 Å². The average molecular weight is 286 g/mol. The summed E-state index contributed by atoms with van der Waals surface area (Å²) in [5.74, 6) is 0.715. The minimum Gasteiger partial charge on any atom is -0.492 e. The summed E-state index contributed by atoms with van der Waals surface area (Å²) >= 11 is 0. The van der Waals surface area contributed by atoms with Gasteiger partial charge in [-0.15, -0.1) is 0 Å². The van der Waals surface area contributed by atoms with E-state index in [0.717, 1.165) is 18.4 Å². The van der Waals surface area contributed by atoms with E-state index in [1.54, 1.807) is 18.2 Å². The average Bonchev–Trinajstić information content (AvgIpc) is 2.65. The number of carbonyl (C=O) groups is 2. The summed E-state index contributed by atoms with van der Waals surface area (Å²) in [7, 11) is 1.36. The number of rotatable bonds is 2. The first kappa shape index (κ1) is 13.9. The van der Waals surface area contributed by atoms with E-state index in [1.165, 1.54) is 7.11 Å². The van der Waals surface area contributed by atoms with Gasteiger partial charge in [0.05, 0.1) is 25.7 Å². The van der Waals surface area contributed by atoms with Crippen LogP contribution in [0.2, 0.25) is 0 Å². The van der Waals surface area contributed by atoms with Crippen molar-refractivity contribution >= 4 is 11.8 Å². The largest absolute Gasteiger partial charge is 0.492 e. The van der Waals surface area contributed by atoms with Crippen molar-refractivity contribution in [3.05, 3.63) is 41.5 Å². The van der Waals surface area contributed by atoms with Crippen molar-refractivity contribution in [2.75, 3.05) is 13.7 Å². The van der Waals surface area contributed by atoms with Crippen LogP contribution in [0.25, 0.3) is 0 Å². The highest BCUT2D eigenvalue weighted by atomic mass is 16.5. The molecular formula is C17H18O4. The number of hydrogen-bond acceptors (Lipinski definition) is 4. The summed E-state index contributed by atoms with van der Waals surface area (Å²) in [6, 6.07) is 5.36. The summed E-state index contributed by atoms with van der Waals surface area (Å²) in [5, 5.41) is 0. The van der Waals surface area contributed by atoms with Crippen LogP contribution < -0.4 is 4.74 Å². The van der Waals surface area contributed by atoms with Crippen molar-refractivity contribution < 1.29 is 19.1 Å². The zero-order valence-electron chi connectivity index (χ0n) is 12.0. The van der Waals surface area contributed by atoms with Crippen LogP contribution in [-0.2, 0) is 16.0 Å². The van der Waals surface area contributed by atoms with Crippen LogP contribution >= 0.6 is 0 Å². The fourth-order valence-electron chi connectivity index (χ4n) is 3.01. The van der Waals surface area contributed by atoms with Crippen LogP contribution in [0.3, 0.4) is 0 Å². The number of Topliss-reactive ketones (excluding diaryl/α,β-unsaturated/α-hetero) is 1. The molecule has 3 rings (SSSR count). The Morgan fingerprint density at radius 2 is 2.14 bits per heavy atom. The maximum Gasteiger partial charge on any atom is 0.309 e. The van der Waals surface area contributed by atoms with Crippen LogP contribution in [0, 0.1) is 11.8 Å². The Kier molecular flexibility index (Phi) is 3.78. The van der Waals surface area contributed by atoms with E-state index in [9.17, 15) is 9.59 Å². The smallest absolute Gasteiger partial charge is 0.309 e. The monoisotopic (exact) mass is 286 g/mol. The molecule has 1 heterocycles. The highest BCUT2D eigenvalue weighted by Gasteiger charge is 2.34. The lowest BCUT2D eigenvalue weighted by atomic mass is 9.79. The minimum absolute atomic E-state index is 0.0164. The summed E-state index contributed by atoms with van der Waals surface area (Å²) in [6.45, 7) is 0.551. The van der Waals surface area contributed by atoms with E-state index in [-0.39, 0.29) is 30.0 Å². The molecule has 2 aliphatic rings. The molecule has 0 saturated carbocycles. The van der Waals surface area contributed by atoms with Crippen molar-refractivity contribution in [3.63, 3.8) is 0 Å². The van der Waals surface area contributed by atoms with E-state index in [4.69, 9.17) is 4.74 Å². The van der Waals surface area contributed by atoms with Crippen LogP contribution in [0.15, 0.2) is 30.4 Å². The molecule has 110 valence electrons. The van der Waals surface area contributed by atoms with E-state index in [1.807, 2.05) is 0 Å². The highest BCUT2D eigenvalue weighted by molar-refractivity contribution is 6.01. The second-order valence-electron chi connectivity index (χ2n) is 5.57. The predicted molar refractivity (Wildman–Crippen MR) is 77.3 cm³/mol. The Bertz CT molecular complexity index is 603. The Morgan fingerprint density at radius 3 is 2.95 bits per heavy atom. The second-order valence-corrected chi connectivity index (χ2v) is 5.57. The number of carbonyl (C=O) groups excluding carboxylic acids is 2. The molecule has 0 spiro atoms. The molecule has 0 amide bonds. The third-order valence-corrected chi connectivity index (χ3v) is 4.24. The normalized spacial score (nSPS) is 23.6. The number of benzene rings is 1. The van der Waals surface area contributed by atoms with Gasteiger partial charge in [0.25, 0.3) is 0 Å². The third kappa shape index (κ3) is 2.71. The summed E-state index contributed by atoms with van der Waals surface area (Å²) in [6.07, 6.45) is 6.07. The Balaban J connectivity index is 1.89. The summed E-state index contributed by atoms with van der Waals surface area (Å²) in [5.41, 5.74) is 1.43. The number of fused-ring (bicyclic) bond motifs is 2. The molecule has 1 aliphatic carbocycles. The molecule has 4 nitrogen and oxygen atoms in total. The fraction of sp³-hybridized carbons (Fsp3) is 0.412. The zero-order chi connectivity index (χ0) is 14.8. The summed E-state index contributed by atoms with van der Waals surface area (Å²) in [4.78, 5) is 24.0. The number of methoxy groups -OCH3 is 1. The Hall–Kier alpha value is -2.10. The Labute approximate surface area is 123 Å². The van der Waals surface area contributed by atoms with Crippen molar-refractivity contribution in [2.24, 2.45) is 11.8 Å². The first-order chi connectivity index (χ1) is 10.2. The molecule has 0 radical (unpaired) electrons. The fourth-order valence-corrected chi connectivity index (χ4v) is 3.01. The van der Waals surface area contributed by atoms with Gasteiger partial charge in [-0.25, -0.2) is 0 Å². The molecule has 0 bridgehead atoms. The number of esters is 1. The van der Waals surface area contributed by atoms with Gasteiger partial charge in [-0.05, 0) is 30.5 Å². The van der Waals surface area contributed by atoms with Gasteiger partial charge in [0.2, 0.25) is 0 Å². The van der Waals surface area contributed by atoms with Crippen molar-refractivity contribution in [1.29, 1.82) is 0 Å². The number of ketones is 1. The molecule has 2 atom stereocenters. The lowest BCUT2D eigenvalue weighted by molar-refractivity contribution is -0.139. The number of allylic oxidation sites excluding steroid dienone is 2. The standard InChI is InChI=1S/C17H18O4/c1-20-16(18)9-11-6-7-14-15(8-11)21-10-12-4-2-3-5-13(12)17(14)19/h2-3,6-8,12-13H,4-5,9-10H2,1H3. The van der Waals surface area contributed by atoms with Gasteiger partial charge in [0.1, 0.15) is 5.75 Å². The Morgan fingerprint density at radius 1 is 1.33 bits per heavy atom. The molecule has 0 saturated heterocycles. The molecule has 21 heavy (non-hydrogen) atoms. The molecule has 4 heteroatoms. The van der Waals surface area contributed by atoms with Gasteiger partial charge < -0.3 is 9.47 Å². The zero-order valence-corrected chi connectivity index (χ0v) is 12.0. The van der Waals surface area contributed by atoms with Crippen LogP contribution in [0.4, 0.5) is 0 Å². The van der Waals surface area contributed by atoms with E-state index in [0.29, 0.717) is 17.9 Å². The highest BCUT2D eigenvalue weighted by Crippen LogP contribution is 2.36. The van der Waals surface area contributed by atoms with Crippen LogP contribution in [0.1, 0.15) is 28.8 Å². The molecule has 0 aromatic heterocycles. The van der Waals surface area contributed by atoms with Crippen LogP contribution in [0.5, 0.6) is 5.75 Å². The molecule has 1 aromatic carbocycles. The predicted octanol–water partition coefficient (Wildman–Crippen LogP) is 2.56. The molecule has 0 fully saturated rings. The van der Waals surface area contributed by atoms with Gasteiger partial charge in [-0.2, -0.15) is 0 Å². The third-order valence-electron chi connectivity index (χ3n) is 4.24. The van der Waals surface area contributed by atoms with E-state index in [2.05, 4.69) is 16.9 Å². The SMILES string of the molecule is COC(=O)Cc1ccc2c(c1)OCC1CC=CCC1C2=O. The van der Waals surface area contributed by atoms with E-state index >= 15 is 0 Å². The second kappa shape index (κ2) is 5.72. The molecule has 0 N–H and O–H groups in total. The maximum absolute atomic E-state index is 12.7. The quantitative estimate of drug-likeness (QED) is 0.619. The molecule has 2 unspecified atom stereocenters. The number of ether oxygens (including phenoxy) is 2.